The highest BCUT2D eigenvalue weighted by molar-refractivity contribution is 7.89. The number of nitrogens with two attached hydrogens (primary N) is 1. The van der Waals surface area contributed by atoms with Gasteiger partial charge in [0.05, 0.1) is 17.5 Å². The SMILES string of the molecule is NS(=O)(=O)CCc1cn(C2CCCc3ccccc32)nn1. The van der Waals surface area contributed by atoms with Crippen molar-refractivity contribution in [3.8, 4) is 0 Å². The van der Waals surface area contributed by atoms with Crippen LogP contribution in [0.4, 0.5) is 0 Å². The van der Waals surface area contributed by atoms with Crippen molar-refractivity contribution in [2.24, 2.45) is 5.14 Å². The molecule has 21 heavy (non-hydrogen) atoms. The molecule has 112 valence electrons. The third-order valence-corrected chi connectivity index (χ3v) is 4.63. The van der Waals surface area contributed by atoms with Gasteiger partial charge in [-0.1, -0.05) is 29.5 Å². The third-order valence-electron chi connectivity index (χ3n) is 3.86. The molecule has 1 atom stereocenters. The summed E-state index contributed by atoms with van der Waals surface area (Å²) in [7, 11) is -3.46. The molecule has 0 aliphatic heterocycles. The molecule has 2 aromatic rings. The van der Waals surface area contributed by atoms with Crippen LogP contribution >= 0.6 is 0 Å². The number of hydrogen-bond acceptors (Lipinski definition) is 4. The maximum atomic E-state index is 11.0. The number of rotatable bonds is 4. The van der Waals surface area contributed by atoms with Crippen molar-refractivity contribution < 1.29 is 8.42 Å². The highest BCUT2D eigenvalue weighted by atomic mass is 32.2. The minimum absolute atomic E-state index is 0.104. The van der Waals surface area contributed by atoms with Crippen molar-refractivity contribution in [3.05, 3.63) is 47.3 Å². The Labute approximate surface area is 124 Å². The number of sulfonamides is 1. The van der Waals surface area contributed by atoms with Crippen molar-refractivity contribution in [3.63, 3.8) is 0 Å². The molecular formula is C14H18N4O2S. The predicted molar refractivity (Wildman–Crippen MR) is 79.2 cm³/mol. The number of hydrogen-bond donors (Lipinski definition) is 1. The van der Waals surface area contributed by atoms with Gasteiger partial charge in [-0.25, -0.2) is 18.2 Å². The molecular weight excluding hydrogens is 288 g/mol. The lowest BCUT2D eigenvalue weighted by Gasteiger charge is -2.25. The third kappa shape index (κ3) is 3.30. The summed E-state index contributed by atoms with van der Waals surface area (Å²) < 4.78 is 23.8. The molecule has 2 N–H and O–H groups in total. The molecule has 1 unspecified atom stereocenters. The first-order valence-corrected chi connectivity index (χ1v) is 8.73. The summed E-state index contributed by atoms with van der Waals surface area (Å²) in [5.74, 6) is -0.104. The van der Waals surface area contributed by atoms with Gasteiger partial charge in [-0.3, -0.25) is 0 Å². The second-order valence-corrected chi connectivity index (χ2v) is 7.15. The van der Waals surface area contributed by atoms with E-state index in [1.165, 1.54) is 11.1 Å². The van der Waals surface area contributed by atoms with Crippen LogP contribution in [-0.2, 0) is 22.9 Å². The van der Waals surface area contributed by atoms with Crippen molar-refractivity contribution >= 4 is 10.0 Å². The van der Waals surface area contributed by atoms with E-state index in [1.54, 1.807) is 0 Å². The van der Waals surface area contributed by atoms with E-state index >= 15 is 0 Å². The largest absolute Gasteiger partial charge is 0.245 e. The molecule has 6 nitrogen and oxygen atoms in total. The smallest absolute Gasteiger partial charge is 0.209 e. The lowest BCUT2D eigenvalue weighted by molar-refractivity contribution is 0.440. The number of benzene rings is 1. The molecule has 0 fully saturated rings. The van der Waals surface area contributed by atoms with E-state index in [4.69, 9.17) is 5.14 Å². The molecule has 1 heterocycles. The first kappa shape index (κ1) is 14.2. The molecule has 0 saturated carbocycles. The van der Waals surface area contributed by atoms with Crippen LogP contribution < -0.4 is 5.14 Å². The Morgan fingerprint density at radius 1 is 1.33 bits per heavy atom. The zero-order valence-corrected chi connectivity index (χ0v) is 12.5. The van der Waals surface area contributed by atoms with Gasteiger partial charge in [-0.15, -0.1) is 5.10 Å². The van der Waals surface area contributed by atoms with Crippen LogP contribution in [0.25, 0.3) is 0 Å². The summed E-state index contributed by atoms with van der Waals surface area (Å²) >= 11 is 0. The number of aryl methyl sites for hydroxylation is 2. The summed E-state index contributed by atoms with van der Waals surface area (Å²) in [5, 5.41) is 13.2. The molecule has 3 rings (SSSR count). The van der Waals surface area contributed by atoms with E-state index in [9.17, 15) is 8.42 Å². The van der Waals surface area contributed by atoms with Crippen molar-refractivity contribution in [1.82, 2.24) is 15.0 Å². The van der Waals surface area contributed by atoms with Gasteiger partial charge in [0.15, 0.2) is 0 Å². The first-order valence-electron chi connectivity index (χ1n) is 7.02. The highest BCUT2D eigenvalue weighted by Gasteiger charge is 2.22. The molecule has 0 saturated heterocycles. The quantitative estimate of drug-likeness (QED) is 0.913. The number of nitrogens with zero attached hydrogens (tertiary/aromatic N) is 3. The standard InChI is InChI=1S/C14H18N4O2S/c15-21(19,20)9-8-12-10-18(17-16-12)14-7-3-5-11-4-1-2-6-13(11)14/h1-2,4,6,10,14H,3,5,7-9H2,(H2,15,19,20). The average Bonchev–Trinajstić information content (AvgIpc) is 2.92. The Bertz CT molecular complexity index is 739. The van der Waals surface area contributed by atoms with E-state index < -0.39 is 10.0 Å². The number of aromatic nitrogens is 3. The topological polar surface area (TPSA) is 90.9 Å². The van der Waals surface area contributed by atoms with E-state index in [0.29, 0.717) is 12.1 Å². The Kier molecular flexibility index (Phi) is 3.77. The number of primary sulfonamides is 1. The summed E-state index contributed by atoms with van der Waals surface area (Å²) in [4.78, 5) is 0. The second kappa shape index (κ2) is 5.57. The Morgan fingerprint density at radius 2 is 2.14 bits per heavy atom. The highest BCUT2D eigenvalue weighted by Crippen LogP contribution is 2.32. The van der Waals surface area contributed by atoms with Crippen LogP contribution in [0, 0.1) is 0 Å². The summed E-state index contributed by atoms with van der Waals surface area (Å²) in [6.45, 7) is 0. The van der Waals surface area contributed by atoms with Crippen molar-refractivity contribution in [2.45, 2.75) is 31.7 Å². The Morgan fingerprint density at radius 3 is 2.95 bits per heavy atom. The van der Waals surface area contributed by atoms with Crippen LogP contribution in [0.1, 0.15) is 35.7 Å². The van der Waals surface area contributed by atoms with Gasteiger partial charge in [0, 0.05) is 12.6 Å². The zero-order valence-electron chi connectivity index (χ0n) is 11.6. The van der Waals surface area contributed by atoms with Gasteiger partial charge in [0.1, 0.15) is 0 Å². The second-order valence-electron chi connectivity index (χ2n) is 5.41. The Balaban J connectivity index is 1.81. The van der Waals surface area contributed by atoms with E-state index in [2.05, 4.69) is 28.5 Å². The molecule has 7 heteroatoms. The summed E-state index contributed by atoms with van der Waals surface area (Å²) in [6, 6.07) is 8.56. The molecule has 0 spiro atoms. The lowest BCUT2D eigenvalue weighted by atomic mass is 9.88. The van der Waals surface area contributed by atoms with E-state index in [1.807, 2.05) is 16.9 Å². The minimum atomic E-state index is -3.46. The molecule has 1 aromatic carbocycles. The van der Waals surface area contributed by atoms with Crippen LogP contribution in [-0.4, -0.2) is 29.2 Å². The first-order chi connectivity index (χ1) is 10.0. The molecule has 1 aliphatic rings. The predicted octanol–water partition coefficient (Wildman–Crippen LogP) is 1.03. The van der Waals surface area contributed by atoms with Gasteiger partial charge >= 0.3 is 0 Å². The summed E-state index contributed by atoms with van der Waals surface area (Å²) in [6.07, 6.45) is 5.37. The van der Waals surface area contributed by atoms with Gasteiger partial charge in [-0.2, -0.15) is 0 Å². The molecule has 1 aliphatic carbocycles. The maximum Gasteiger partial charge on any atom is 0.209 e. The fourth-order valence-corrected chi connectivity index (χ4v) is 3.32. The van der Waals surface area contributed by atoms with Crippen LogP contribution in [0.5, 0.6) is 0 Å². The molecule has 1 aromatic heterocycles. The van der Waals surface area contributed by atoms with Crippen molar-refractivity contribution in [1.29, 1.82) is 0 Å². The fraction of sp³-hybridized carbons (Fsp3) is 0.429. The normalized spacial score (nSPS) is 18.4. The van der Waals surface area contributed by atoms with Gasteiger partial charge in [0.2, 0.25) is 10.0 Å². The van der Waals surface area contributed by atoms with Crippen LogP contribution in [0.3, 0.4) is 0 Å². The number of fused-ring (bicyclic) bond motifs is 1. The van der Waals surface area contributed by atoms with Crippen molar-refractivity contribution in [2.75, 3.05) is 5.75 Å². The van der Waals surface area contributed by atoms with Crippen LogP contribution in [0.15, 0.2) is 30.5 Å². The van der Waals surface area contributed by atoms with Gasteiger partial charge in [0.25, 0.3) is 0 Å². The van der Waals surface area contributed by atoms with Gasteiger partial charge in [-0.05, 0) is 30.4 Å². The average molecular weight is 306 g/mol. The fourth-order valence-electron chi connectivity index (χ4n) is 2.83. The molecule has 0 radical (unpaired) electrons. The molecule has 0 bridgehead atoms. The minimum Gasteiger partial charge on any atom is -0.245 e. The monoisotopic (exact) mass is 306 g/mol. The lowest BCUT2D eigenvalue weighted by Crippen LogP contribution is -2.18. The summed E-state index contributed by atoms with van der Waals surface area (Å²) in [5.41, 5.74) is 3.30. The Hall–Kier alpha value is -1.73. The van der Waals surface area contributed by atoms with Gasteiger partial charge < -0.3 is 0 Å². The van der Waals surface area contributed by atoms with E-state index in [-0.39, 0.29) is 11.8 Å². The zero-order chi connectivity index (χ0) is 14.9. The van der Waals surface area contributed by atoms with Crippen LogP contribution in [0.2, 0.25) is 0 Å². The maximum absolute atomic E-state index is 11.0. The van der Waals surface area contributed by atoms with E-state index in [0.717, 1.165) is 19.3 Å². The molecule has 0 amide bonds.